The van der Waals surface area contributed by atoms with Crippen LogP contribution in [0.2, 0.25) is 0 Å². The lowest BCUT2D eigenvalue weighted by Crippen LogP contribution is -2.52. The van der Waals surface area contributed by atoms with Crippen molar-refractivity contribution in [2.45, 2.75) is 38.4 Å². The highest BCUT2D eigenvalue weighted by molar-refractivity contribution is 5.93. The third-order valence-corrected chi connectivity index (χ3v) is 5.88. The molecule has 0 aliphatic carbocycles. The number of benzene rings is 1. The van der Waals surface area contributed by atoms with E-state index in [9.17, 15) is 22.8 Å². The molecule has 2 aromatic rings. The van der Waals surface area contributed by atoms with Crippen molar-refractivity contribution in [1.82, 2.24) is 29.7 Å². The minimum Gasteiger partial charge on any atom is -0.306 e. The van der Waals surface area contributed by atoms with E-state index < -0.39 is 11.7 Å². The second kappa shape index (κ2) is 8.97. The summed E-state index contributed by atoms with van der Waals surface area (Å²) in [5.74, 6) is -0.299. The molecule has 0 bridgehead atoms. The van der Waals surface area contributed by atoms with E-state index in [2.05, 4.69) is 15.0 Å². The molecule has 0 radical (unpaired) electrons. The summed E-state index contributed by atoms with van der Waals surface area (Å²) in [5, 5.41) is 7.21. The predicted octanol–water partition coefficient (Wildman–Crippen LogP) is 2.81. The Kier molecular flexibility index (Phi) is 6.24. The molecule has 8 nitrogen and oxygen atoms in total. The van der Waals surface area contributed by atoms with Crippen LogP contribution in [0.25, 0.3) is 17.6 Å². The standard InChI is InChI=1S/C22H25F3N6O2/c1-15-11-16(13-17(12-15)22(23,24)25)21-26-14-29(27-21)9-5-19(32)30-10-6-20(33)31(30)18-3-7-28(2)8-4-18/h5,9,11-14,18H,3-4,6-8,10H2,1-2H3/b9-5-. The molecule has 2 fully saturated rings. The number of carbonyl (C=O) groups is 2. The zero-order valence-corrected chi connectivity index (χ0v) is 18.4. The summed E-state index contributed by atoms with van der Waals surface area (Å²) in [5.41, 5.74) is -0.0961. The first-order valence-electron chi connectivity index (χ1n) is 10.7. The second-order valence-electron chi connectivity index (χ2n) is 8.43. The molecule has 11 heteroatoms. The van der Waals surface area contributed by atoms with E-state index in [1.807, 2.05) is 7.05 Å². The normalized spacial score (nSPS) is 18.6. The van der Waals surface area contributed by atoms with Gasteiger partial charge in [-0.25, -0.2) is 19.7 Å². The second-order valence-corrected chi connectivity index (χ2v) is 8.43. The van der Waals surface area contributed by atoms with Gasteiger partial charge in [0.05, 0.1) is 18.2 Å². The summed E-state index contributed by atoms with van der Waals surface area (Å²) < 4.78 is 40.6. The molecular formula is C22H25F3N6O2. The van der Waals surface area contributed by atoms with Crippen LogP contribution in [-0.4, -0.2) is 74.2 Å². The number of hydrazine groups is 1. The number of halogens is 3. The van der Waals surface area contributed by atoms with Crippen LogP contribution in [-0.2, 0) is 15.8 Å². The van der Waals surface area contributed by atoms with Gasteiger partial charge in [0.2, 0.25) is 5.91 Å². The van der Waals surface area contributed by atoms with Crippen molar-refractivity contribution < 1.29 is 22.8 Å². The molecule has 2 amide bonds. The van der Waals surface area contributed by atoms with Crippen LogP contribution >= 0.6 is 0 Å². The predicted molar refractivity (Wildman–Crippen MR) is 114 cm³/mol. The number of hydrogen-bond donors (Lipinski definition) is 0. The Balaban J connectivity index is 1.47. The first-order chi connectivity index (χ1) is 15.6. The smallest absolute Gasteiger partial charge is 0.306 e. The highest BCUT2D eigenvalue weighted by atomic mass is 19.4. The fourth-order valence-electron chi connectivity index (χ4n) is 4.20. The Hall–Kier alpha value is -3.21. The van der Waals surface area contributed by atoms with Gasteiger partial charge in [-0.05, 0) is 63.7 Å². The van der Waals surface area contributed by atoms with E-state index in [1.165, 1.54) is 28.3 Å². The number of likely N-dealkylation sites (tertiary alicyclic amines) is 1. The molecule has 0 saturated carbocycles. The molecule has 176 valence electrons. The van der Waals surface area contributed by atoms with Crippen molar-refractivity contribution >= 4 is 18.0 Å². The van der Waals surface area contributed by atoms with E-state index in [0.717, 1.165) is 38.1 Å². The summed E-state index contributed by atoms with van der Waals surface area (Å²) in [6.45, 7) is 3.62. The number of hydrogen-bond acceptors (Lipinski definition) is 5. The topological polar surface area (TPSA) is 74.6 Å². The van der Waals surface area contributed by atoms with E-state index in [-0.39, 0.29) is 35.7 Å². The van der Waals surface area contributed by atoms with Gasteiger partial charge in [0, 0.05) is 24.3 Å². The number of aromatic nitrogens is 3. The first-order valence-corrected chi connectivity index (χ1v) is 10.7. The number of aryl methyl sites for hydroxylation is 1. The highest BCUT2D eigenvalue weighted by Crippen LogP contribution is 2.32. The van der Waals surface area contributed by atoms with Crippen LogP contribution in [0, 0.1) is 6.92 Å². The van der Waals surface area contributed by atoms with Crippen LogP contribution in [0.3, 0.4) is 0 Å². The van der Waals surface area contributed by atoms with Crippen molar-refractivity contribution in [2.75, 3.05) is 26.7 Å². The number of nitrogens with zero attached hydrogens (tertiary/aromatic N) is 6. The fourth-order valence-corrected chi connectivity index (χ4v) is 4.20. The van der Waals surface area contributed by atoms with E-state index in [4.69, 9.17) is 0 Å². The summed E-state index contributed by atoms with van der Waals surface area (Å²) in [6, 6.07) is 3.62. The number of carbonyl (C=O) groups excluding carboxylic acids is 2. The molecule has 0 unspecified atom stereocenters. The van der Waals surface area contributed by atoms with Crippen molar-refractivity contribution in [1.29, 1.82) is 0 Å². The maximum absolute atomic E-state index is 13.1. The number of alkyl halides is 3. The zero-order chi connectivity index (χ0) is 23.8. The van der Waals surface area contributed by atoms with Crippen molar-refractivity contribution in [3.8, 4) is 11.4 Å². The van der Waals surface area contributed by atoms with Gasteiger partial charge in [0.25, 0.3) is 5.91 Å². The molecule has 2 saturated heterocycles. The largest absolute Gasteiger partial charge is 0.416 e. The SMILES string of the molecule is Cc1cc(-c2ncn(/C=C\C(=O)N3CCC(=O)N3C3CCN(C)CC3)n2)cc(C(F)(F)F)c1. The Bertz CT molecular complexity index is 1070. The fraction of sp³-hybridized carbons (Fsp3) is 0.455. The van der Waals surface area contributed by atoms with Gasteiger partial charge in [-0.1, -0.05) is 0 Å². The van der Waals surface area contributed by atoms with Crippen LogP contribution in [0.1, 0.15) is 30.4 Å². The Morgan fingerprint density at radius 3 is 2.58 bits per heavy atom. The number of amides is 2. The van der Waals surface area contributed by atoms with Crippen molar-refractivity contribution in [3.63, 3.8) is 0 Å². The molecule has 2 aliphatic rings. The molecule has 0 atom stereocenters. The van der Waals surface area contributed by atoms with Gasteiger partial charge in [-0.15, -0.1) is 5.10 Å². The number of piperidine rings is 1. The minimum atomic E-state index is -4.47. The number of rotatable bonds is 4. The molecule has 4 rings (SSSR count). The molecular weight excluding hydrogens is 437 g/mol. The van der Waals surface area contributed by atoms with E-state index in [0.29, 0.717) is 12.1 Å². The molecule has 0 N–H and O–H groups in total. The van der Waals surface area contributed by atoms with E-state index in [1.54, 1.807) is 18.0 Å². The summed E-state index contributed by atoms with van der Waals surface area (Å²) in [4.78, 5) is 31.5. The van der Waals surface area contributed by atoms with Crippen molar-refractivity contribution in [2.24, 2.45) is 0 Å². The van der Waals surface area contributed by atoms with Crippen LogP contribution in [0.15, 0.2) is 30.6 Å². The molecule has 0 spiro atoms. The average molecular weight is 462 g/mol. The lowest BCUT2D eigenvalue weighted by atomic mass is 10.1. The Morgan fingerprint density at radius 1 is 1.15 bits per heavy atom. The lowest BCUT2D eigenvalue weighted by Gasteiger charge is -2.38. The quantitative estimate of drug-likeness (QED) is 0.654. The van der Waals surface area contributed by atoms with Gasteiger partial charge in [-0.2, -0.15) is 13.2 Å². The zero-order valence-electron chi connectivity index (χ0n) is 18.4. The van der Waals surface area contributed by atoms with Crippen LogP contribution in [0.5, 0.6) is 0 Å². The molecule has 3 heterocycles. The van der Waals surface area contributed by atoms with Crippen LogP contribution < -0.4 is 0 Å². The van der Waals surface area contributed by atoms with Gasteiger partial charge in [0.1, 0.15) is 6.33 Å². The average Bonchev–Trinajstić information content (AvgIpc) is 3.38. The van der Waals surface area contributed by atoms with Crippen molar-refractivity contribution in [3.05, 3.63) is 41.7 Å². The molecule has 1 aromatic carbocycles. The molecule has 2 aliphatic heterocycles. The third kappa shape index (κ3) is 5.08. The maximum atomic E-state index is 13.1. The van der Waals surface area contributed by atoms with Gasteiger partial charge >= 0.3 is 6.18 Å². The monoisotopic (exact) mass is 462 g/mol. The Morgan fingerprint density at radius 2 is 1.88 bits per heavy atom. The van der Waals surface area contributed by atoms with E-state index >= 15 is 0 Å². The summed E-state index contributed by atoms with van der Waals surface area (Å²) >= 11 is 0. The van der Waals surface area contributed by atoms with Crippen LogP contribution in [0.4, 0.5) is 13.2 Å². The molecule has 1 aromatic heterocycles. The highest BCUT2D eigenvalue weighted by Gasteiger charge is 2.38. The summed E-state index contributed by atoms with van der Waals surface area (Å²) in [6.07, 6.45) is 1.41. The van der Waals surface area contributed by atoms with Gasteiger partial charge in [0.15, 0.2) is 5.82 Å². The minimum absolute atomic E-state index is 0.00401. The first kappa shape index (κ1) is 23.0. The maximum Gasteiger partial charge on any atom is 0.416 e. The summed E-state index contributed by atoms with van der Waals surface area (Å²) in [7, 11) is 2.03. The third-order valence-electron chi connectivity index (χ3n) is 5.88. The van der Waals surface area contributed by atoms with Gasteiger partial charge in [-0.3, -0.25) is 9.59 Å². The lowest BCUT2D eigenvalue weighted by molar-refractivity contribution is -0.157. The van der Waals surface area contributed by atoms with Gasteiger partial charge < -0.3 is 4.90 Å². The Labute approximate surface area is 189 Å². The molecule has 33 heavy (non-hydrogen) atoms.